The molecule has 0 fully saturated rings. The Morgan fingerprint density at radius 2 is 1.14 bits per heavy atom. The van der Waals surface area contributed by atoms with Crippen molar-refractivity contribution in [3.05, 3.63) is 0 Å². The average molecular weight is 720 g/mol. The maximum absolute atomic E-state index is 13.0. The topological polar surface area (TPSA) is 285 Å². The first-order valence-electron chi connectivity index (χ1n) is 17.2. The van der Waals surface area contributed by atoms with Crippen LogP contribution in [0.25, 0.3) is 0 Å². The molecule has 0 amide bonds. The fourth-order valence-electron chi connectivity index (χ4n) is 5.65. The third kappa shape index (κ3) is 20.1. The summed E-state index contributed by atoms with van der Waals surface area (Å²) in [5.41, 5.74) is 5.51. The maximum Gasteiger partial charge on any atom is 0.307 e. The van der Waals surface area contributed by atoms with E-state index in [-0.39, 0.29) is 25.2 Å². The van der Waals surface area contributed by atoms with Crippen molar-refractivity contribution >= 4 is 41.6 Å². The monoisotopic (exact) mass is 719 g/mol. The zero-order valence-electron chi connectivity index (χ0n) is 29.5. The van der Waals surface area contributed by atoms with Gasteiger partial charge in [0.2, 0.25) is 0 Å². The van der Waals surface area contributed by atoms with Gasteiger partial charge in [0.15, 0.2) is 5.78 Å². The molecule has 50 heavy (non-hydrogen) atoms. The number of rotatable bonds is 29. The van der Waals surface area contributed by atoms with Gasteiger partial charge in [-0.15, -0.1) is 0 Å². The van der Waals surface area contributed by atoms with E-state index >= 15 is 0 Å². The lowest BCUT2D eigenvalue weighted by molar-refractivity contribution is -0.177. The van der Waals surface area contributed by atoms with E-state index in [1.54, 1.807) is 13.8 Å². The normalized spacial score (nSPS) is 16.8. The van der Waals surface area contributed by atoms with Crippen molar-refractivity contribution in [2.24, 2.45) is 29.4 Å². The first-order chi connectivity index (χ1) is 23.3. The molecule has 0 rings (SSSR count). The third-order valence-electron chi connectivity index (χ3n) is 8.46. The number of aliphatic hydroxyl groups is 2. The van der Waals surface area contributed by atoms with E-state index in [1.165, 1.54) is 6.92 Å². The number of hydrogen-bond donors (Lipinski definition) is 7. The molecule has 0 aliphatic rings. The van der Waals surface area contributed by atoms with E-state index in [1.807, 2.05) is 6.92 Å². The summed E-state index contributed by atoms with van der Waals surface area (Å²) in [6.07, 6.45) is -3.00. The number of hydrogen-bond acceptors (Lipinski definition) is 12. The van der Waals surface area contributed by atoms with Crippen molar-refractivity contribution < 1.29 is 73.7 Å². The Hall–Kier alpha value is -3.63. The molecule has 288 valence electrons. The number of ether oxygens (including phenoxy) is 2. The van der Waals surface area contributed by atoms with Gasteiger partial charge in [-0.25, -0.2) is 0 Å². The fourth-order valence-corrected chi connectivity index (χ4v) is 5.65. The number of carbonyl (C=O) groups excluding carboxylic acids is 3. The van der Waals surface area contributed by atoms with Crippen LogP contribution in [0.4, 0.5) is 0 Å². The molecular formula is C34H57NO15. The number of ketones is 1. The van der Waals surface area contributed by atoms with Crippen LogP contribution in [0.15, 0.2) is 0 Å². The summed E-state index contributed by atoms with van der Waals surface area (Å²) >= 11 is 0. The van der Waals surface area contributed by atoms with Crippen molar-refractivity contribution in [1.29, 1.82) is 0 Å². The molecule has 0 aromatic heterocycles. The second kappa shape index (κ2) is 24.5. The summed E-state index contributed by atoms with van der Waals surface area (Å²) in [5, 5.41) is 57.7. The molecule has 0 aromatic carbocycles. The molecule has 16 heteroatoms. The largest absolute Gasteiger partial charge is 0.481 e. The van der Waals surface area contributed by atoms with E-state index < -0.39 is 115 Å². The van der Waals surface area contributed by atoms with Crippen molar-refractivity contribution in [2.45, 2.75) is 148 Å². The number of unbranched alkanes of at least 4 members (excludes halogenated alkanes) is 3. The van der Waals surface area contributed by atoms with Crippen molar-refractivity contribution in [2.75, 3.05) is 0 Å². The molecular weight excluding hydrogens is 662 g/mol. The number of carboxylic acids is 4. The molecule has 0 aliphatic carbocycles. The molecule has 9 atom stereocenters. The second-order valence-electron chi connectivity index (χ2n) is 13.4. The molecule has 16 nitrogen and oxygen atoms in total. The Kier molecular flexibility index (Phi) is 22.7. The summed E-state index contributed by atoms with van der Waals surface area (Å²) in [5.74, 6) is -12.4. The fraction of sp³-hybridized carbons (Fsp3) is 0.794. The molecule has 0 aliphatic heterocycles. The Balaban J connectivity index is 5.97. The summed E-state index contributed by atoms with van der Waals surface area (Å²) in [6, 6.07) is -0.768. The van der Waals surface area contributed by atoms with Crippen LogP contribution >= 0.6 is 0 Å². The lowest BCUT2D eigenvalue weighted by Gasteiger charge is -2.33. The highest BCUT2D eigenvalue weighted by atomic mass is 16.6. The lowest BCUT2D eigenvalue weighted by atomic mass is 9.87. The van der Waals surface area contributed by atoms with Crippen molar-refractivity contribution in [3.8, 4) is 0 Å². The maximum atomic E-state index is 13.0. The molecule has 0 heterocycles. The quantitative estimate of drug-likeness (QED) is 0.0432. The van der Waals surface area contributed by atoms with Crippen molar-refractivity contribution in [3.63, 3.8) is 0 Å². The minimum atomic E-state index is -1.59. The number of aliphatic hydroxyl groups excluding tert-OH is 2. The number of nitrogens with two attached hydrogens (primary N) is 1. The Morgan fingerprint density at radius 1 is 0.640 bits per heavy atom. The minimum absolute atomic E-state index is 0.0247. The summed E-state index contributed by atoms with van der Waals surface area (Å²) in [4.78, 5) is 83.4. The van der Waals surface area contributed by atoms with E-state index in [4.69, 9.17) is 25.4 Å². The molecule has 0 spiro atoms. The Labute approximate surface area is 292 Å². The summed E-state index contributed by atoms with van der Waals surface area (Å²) in [7, 11) is 0. The minimum Gasteiger partial charge on any atom is -0.481 e. The van der Waals surface area contributed by atoms with Crippen LogP contribution in [0.3, 0.4) is 0 Å². The van der Waals surface area contributed by atoms with Crippen molar-refractivity contribution in [1.82, 2.24) is 0 Å². The van der Waals surface area contributed by atoms with E-state index in [0.717, 1.165) is 6.42 Å². The van der Waals surface area contributed by atoms with Gasteiger partial charge in [0.1, 0.15) is 18.3 Å². The predicted octanol–water partition coefficient (Wildman–Crippen LogP) is 2.77. The Morgan fingerprint density at radius 3 is 1.60 bits per heavy atom. The molecule has 0 bridgehead atoms. The number of carboxylic acid groups (broad SMARTS) is 4. The van der Waals surface area contributed by atoms with Gasteiger partial charge < -0.3 is 45.8 Å². The van der Waals surface area contributed by atoms with Gasteiger partial charge in [0.25, 0.3) is 0 Å². The summed E-state index contributed by atoms with van der Waals surface area (Å²) in [6.45, 7) is 6.90. The van der Waals surface area contributed by atoms with Gasteiger partial charge in [-0.1, -0.05) is 52.9 Å². The van der Waals surface area contributed by atoms with E-state index in [0.29, 0.717) is 38.5 Å². The van der Waals surface area contributed by atoms with Crippen LogP contribution in [0.1, 0.15) is 118 Å². The van der Waals surface area contributed by atoms with Gasteiger partial charge in [-0.2, -0.15) is 0 Å². The SMILES string of the molecule is CCCCC(C)C(OC(=O)CC(CC(=O)O)C(=O)O)C(CC(C)CC(O)CCCCCC(O)C(=O)C(C)N)OC(=O)CC(CC(=O)O)C(=O)O. The third-order valence-corrected chi connectivity index (χ3v) is 8.46. The molecule has 9 unspecified atom stereocenters. The summed E-state index contributed by atoms with van der Waals surface area (Å²) < 4.78 is 11.4. The average Bonchev–Trinajstić information content (AvgIpc) is 3.00. The smallest absolute Gasteiger partial charge is 0.307 e. The second-order valence-corrected chi connectivity index (χ2v) is 13.4. The highest BCUT2D eigenvalue weighted by Gasteiger charge is 2.37. The first-order valence-corrected chi connectivity index (χ1v) is 17.2. The van der Waals surface area contributed by atoms with Crippen LogP contribution in [0.2, 0.25) is 0 Å². The van der Waals surface area contributed by atoms with Crippen LogP contribution in [0.5, 0.6) is 0 Å². The van der Waals surface area contributed by atoms with Crippen LogP contribution in [-0.2, 0) is 43.0 Å². The number of esters is 2. The molecule has 0 saturated carbocycles. The van der Waals surface area contributed by atoms with Crippen LogP contribution in [-0.4, -0.2) is 103 Å². The molecule has 0 saturated heterocycles. The molecule has 0 aromatic rings. The van der Waals surface area contributed by atoms with Crippen LogP contribution in [0, 0.1) is 23.7 Å². The zero-order valence-corrected chi connectivity index (χ0v) is 29.5. The van der Waals surface area contributed by atoms with Gasteiger partial charge in [-0.3, -0.25) is 33.6 Å². The highest BCUT2D eigenvalue weighted by molar-refractivity contribution is 5.87. The van der Waals surface area contributed by atoms with Crippen LogP contribution < -0.4 is 5.73 Å². The van der Waals surface area contributed by atoms with Gasteiger partial charge in [-0.05, 0) is 50.9 Å². The first kappa shape index (κ1) is 46.4. The molecule has 0 radical (unpaired) electrons. The van der Waals surface area contributed by atoms with Gasteiger partial charge >= 0.3 is 35.8 Å². The van der Waals surface area contributed by atoms with E-state index in [9.17, 15) is 54.0 Å². The Bertz CT molecular complexity index is 1110. The number of carbonyl (C=O) groups is 7. The number of Topliss-reactive ketones (excluding diaryl/α,β-unsaturated/α-hetero) is 1. The van der Waals surface area contributed by atoms with E-state index in [2.05, 4.69) is 0 Å². The number of aliphatic carboxylic acids is 4. The van der Waals surface area contributed by atoms with Gasteiger partial charge in [0, 0.05) is 0 Å². The molecule has 8 N–H and O–H groups in total. The lowest BCUT2D eigenvalue weighted by Crippen LogP contribution is -2.42. The highest BCUT2D eigenvalue weighted by Crippen LogP contribution is 2.29. The standard InChI is InChI=1S/C34H57NO15/c1-5-6-10-20(3)32(50-30(43)18-23(34(47)48)16-28(40)41)26(49-29(42)17-22(33(45)46)15-27(38)39)14-19(2)13-24(36)11-8-7-9-12-25(37)31(44)21(4)35/h19-26,32,36-37H,5-18,35H2,1-4H3,(H,38,39)(H,40,41)(H,45,46)(H,47,48). The predicted molar refractivity (Wildman–Crippen MR) is 177 cm³/mol. The zero-order chi connectivity index (χ0) is 38.6. The van der Waals surface area contributed by atoms with Gasteiger partial charge in [0.05, 0.1) is 49.7 Å².